The van der Waals surface area contributed by atoms with Gasteiger partial charge in [0.1, 0.15) is 6.04 Å². The fourth-order valence-corrected chi connectivity index (χ4v) is 3.90. The number of aromatic carboxylic acids is 2. The van der Waals surface area contributed by atoms with Crippen LogP contribution < -0.4 is 10.6 Å². The van der Waals surface area contributed by atoms with E-state index in [1.807, 2.05) is 30.3 Å². The summed E-state index contributed by atoms with van der Waals surface area (Å²) in [6.45, 7) is 0. The molecule has 4 N–H and O–H groups in total. The van der Waals surface area contributed by atoms with Gasteiger partial charge in [0.05, 0.1) is 17.4 Å². The second-order valence-corrected chi connectivity index (χ2v) is 8.95. The molecule has 3 aromatic carbocycles. The molecule has 11 nitrogen and oxygen atoms in total. The third kappa shape index (κ3) is 7.17. The topological polar surface area (TPSA) is 164 Å². The van der Waals surface area contributed by atoms with Crippen LogP contribution in [-0.4, -0.2) is 55.0 Å². The van der Waals surface area contributed by atoms with E-state index in [9.17, 15) is 19.2 Å². The Hall–Kier alpha value is -5.29. The Morgan fingerprint density at radius 1 is 0.950 bits per heavy atom. The summed E-state index contributed by atoms with van der Waals surface area (Å²) in [6, 6.07) is 18.6. The van der Waals surface area contributed by atoms with Crippen LogP contribution in [0.25, 0.3) is 11.8 Å². The van der Waals surface area contributed by atoms with E-state index in [2.05, 4.69) is 20.9 Å². The van der Waals surface area contributed by atoms with E-state index >= 15 is 0 Å². The fraction of sp³-hybridized carbons (Fsp3) is 0.0714. The van der Waals surface area contributed by atoms with Crippen LogP contribution in [0.5, 0.6) is 0 Å². The quantitative estimate of drug-likeness (QED) is 0.214. The molecule has 1 heterocycles. The SMILES string of the molecule is O=C(/C=C/c1cc(Cl)ccc1-n1cc(C(=O)O)nn1)NC(Cc1ccccc1)C(=O)Nc1ccc(C(=O)O)cc1. The normalized spacial score (nSPS) is 11.6. The number of nitrogens with one attached hydrogen (secondary N) is 2. The number of carbonyl (C=O) groups is 4. The number of benzene rings is 3. The molecule has 2 amide bonds. The first-order chi connectivity index (χ1) is 19.2. The Kier molecular flexibility index (Phi) is 8.67. The van der Waals surface area contributed by atoms with Crippen molar-refractivity contribution in [3.63, 3.8) is 0 Å². The molecule has 0 saturated heterocycles. The van der Waals surface area contributed by atoms with Crippen molar-refractivity contribution in [2.45, 2.75) is 12.5 Å². The number of hydrogen-bond donors (Lipinski definition) is 4. The molecule has 0 spiro atoms. The summed E-state index contributed by atoms with van der Waals surface area (Å²) in [5.74, 6) is -3.40. The predicted octanol–water partition coefficient (Wildman–Crippen LogP) is 3.70. The molecule has 0 aliphatic carbocycles. The molecule has 0 saturated carbocycles. The molecule has 4 aromatic rings. The first-order valence-corrected chi connectivity index (χ1v) is 12.2. The lowest BCUT2D eigenvalue weighted by molar-refractivity contribution is -0.123. The minimum absolute atomic E-state index is 0.0720. The van der Waals surface area contributed by atoms with Gasteiger partial charge in [-0.25, -0.2) is 14.3 Å². The van der Waals surface area contributed by atoms with Gasteiger partial charge in [0, 0.05) is 28.8 Å². The summed E-state index contributed by atoms with van der Waals surface area (Å²) in [4.78, 5) is 48.4. The maximum Gasteiger partial charge on any atom is 0.358 e. The van der Waals surface area contributed by atoms with Crippen molar-refractivity contribution in [2.75, 3.05) is 5.32 Å². The van der Waals surface area contributed by atoms with Gasteiger partial charge in [-0.3, -0.25) is 9.59 Å². The first kappa shape index (κ1) is 27.7. The van der Waals surface area contributed by atoms with Gasteiger partial charge in [-0.2, -0.15) is 0 Å². The van der Waals surface area contributed by atoms with Gasteiger partial charge >= 0.3 is 11.9 Å². The number of carbonyl (C=O) groups excluding carboxylic acids is 2. The lowest BCUT2D eigenvalue weighted by atomic mass is 10.0. The van der Waals surface area contributed by atoms with Gasteiger partial charge in [-0.1, -0.05) is 47.1 Å². The van der Waals surface area contributed by atoms with Crippen molar-refractivity contribution in [3.05, 3.63) is 112 Å². The summed E-state index contributed by atoms with van der Waals surface area (Å²) < 4.78 is 1.25. The summed E-state index contributed by atoms with van der Waals surface area (Å²) in [6.07, 6.45) is 4.10. The smallest absolute Gasteiger partial charge is 0.358 e. The Morgan fingerprint density at radius 3 is 2.33 bits per heavy atom. The average Bonchev–Trinajstić information content (AvgIpc) is 3.43. The molecule has 0 aliphatic rings. The van der Waals surface area contributed by atoms with Crippen molar-refractivity contribution in [3.8, 4) is 5.69 Å². The summed E-state index contributed by atoms with van der Waals surface area (Å²) >= 11 is 6.14. The number of halogens is 1. The number of hydrogen-bond acceptors (Lipinski definition) is 6. The van der Waals surface area contributed by atoms with Crippen LogP contribution in [0.15, 0.2) is 85.1 Å². The highest BCUT2D eigenvalue weighted by Crippen LogP contribution is 2.21. The highest BCUT2D eigenvalue weighted by molar-refractivity contribution is 6.30. The van der Waals surface area contributed by atoms with Gasteiger partial charge in [-0.15, -0.1) is 5.10 Å². The molecule has 0 fully saturated rings. The van der Waals surface area contributed by atoms with Crippen LogP contribution in [0, 0.1) is 0 Å². The van der Waals surface area contributed by atoms with Crippen molar-refractivity contribution in [1.29, 1.82) is 0 Å². The molecule has 0 aliphatic heterocycles. The zero-order chi connectivity index (χ0) is 28.6. The van der Waals surface area contributed by atoms with Crippen molar-refractivity contribution < 1.29 is 29.4 Å². The van der Waals surface area contributed by atoms with E-state index in [0.29, 0.717) is 22.0 Å². The molecule has 1 atom stereocenters. The van der Waals surface area contributed by atoms with Gasteiger partial charge in [0.15, 0.2) is 5.69 Å². The van der Waals surface area contributed by atoms with Crippen LogP contribution in [0.4, 0.5) is 5.69 Å². The van der Waals surface area contributed by atoms with Gasteiger partial charge in [-0.05, 0) is 54.1 Å². The fourth-order valence-electron chi connectivity index (χ4n) is 3.72. The maximum atomic E-state index is 13.1. The van der Waals surface area contributed by atoms with Gasteiger partial charge < -0.3 is 20.8 Å². The van der Waals surface area contributed by atoms with Crippen LogP contribution in [0.1, 0.15) is 32.0 Å². The number of nitrogens with zero attached hydrogens (tertiary/aromatic N) is 3. The Bertz CT molecular complexity index is 1580. The number of anilines is 1. The second kappa shape index (κ2) is 12.5. The Balaban J connectivity index is 1.53. The zero-order valence-electron chi connectivity index (χ0n) is 20.7. The molecular formula is C28H22ClN5O6. The molecule has 1 aromatic heterocycles. The first-order valence-electron chi connectivity index (χ1n) is 11.8. The van der Waals surface area contributed by atoms with Crippen molar-refractivity contribution >= 4 is 47.1 Å². The number of carboxylic acids is 2. The average molecular weight is 560 g/mol. The van der Waals surface area contributed by atoms with E-state index in [-0.39, 0.29) is 17.7 Å². The highest BCUT2D eigenvalue weighted by atomic mass is 35.5. The van der Waals surface area contributed by atoms with Crippen LogP contribution >= 0.6 is 11.6 Å². The van der Waals surface area contributed by atoms with E-state index in [1.165, 1.54) is 47.3 Å². The number of aromatic nitrogens is 3. The predicted molar refractivity (Wildman–Crippen MR) is 146 cm³/mol. The third-order valence-electron chi connectivity index (χ3n) is 5.68. The van der Waals surface area contributed by atoms with Crippen molar-refractivity contribution in [1.82, 2.24) is 20.3 Å². The van der Waals surface area contributed by atoms with E-state index in [0.717, 1.165) is 5.56 Å². The Labute approximate surface area is 232 Å². The zero-order valence-corrected chi connectivity index (χ0v) is 21.4. The summed E-state index contributed by atoms with van der Waals surface area (Å²) in [5.41, 5.74) is 1.88. The standard InChI is InChI=1S/C28H22ClN5O6/c29-20-9-12-24(34-16-23(28(39)40)32-33-34)19(15-20)8-13-25(35)31-22(14-17-4-2-1-3-5-17)26(36)30-21-10-6-18(7-11-21)27(37)38/h1-13,15-16,22H,14H2,(H,30,36)(H,31,35)(H,37,38)(H,39,40)/b13-8+. The molecule has 1 unspecified atom stereocenters. The lowest BCUT2D eigenvalue weighted by Crippen LogP contribution is -2.44. The second-order valence-electron chi connectivity index (χ2n) is 8.51. The van der Waals surface area contributed by atoms with Crippen molar-refractivity contribution in [2.24, 2.45) is 0 Å². The minimum atomic E-state index is -1.24. The van der Waals surface area contributed by atoms with Crippen LogP contribution in [-0.2, 0) is 16.0 Å². The monoisotopic (exact) mass is 559 g/mol. The molecular weight excluding hydrogens is 538 g/mol. The molecule has 40 heavy (non-hydrogen) atoms. The summed E-state index contributed by atoms with van der Waals surface area (Å²) in [7, 11) is 0. The number of rotatable bonds is 10. The van der Waals surface area contributed by atoms with Crippen LogP contribution in [0.3, 0.4) is 0 Å². The Morgan fingerprint density at radius 2 is 1.68 bits per heavy atom. The van der Waals surface area contributed by atoms with E-state index in [1.54, 1.807) is 18.2 Å². The molecule has 4 rings (SSSR count). The van der Waals surface area contributed by atoms with E-state index < -0.39 is 29.8 Å². The lowest BCUT2D eigenvalue weighted by Gasteiger charge is -2.18. The maximum absolute atomic E-state index is 13.1. The van der Waals surface area contributed by atoms with Crippen LogP contribution in [0.2, 0.25) is 5.02 Å². The van der Waals surface area contributed by atoms with Gasteiger partial charge in [0.2, 0.25) is 11.8 Å². The number of carboxylic acid groups (broad SMARTS) is 2. The summed E-state index contributed by atoms with van der Waals surface area (Å²) in [5, 5.41) is 31.4. The molecule has 0 bridgehead atoms. The number of amides is 2. The largest absolute Gasteiger partial charge is 0.478 e. The molecule has 202 valence electrons. The third-order valence-corrected chi connectivity index (χ3v) is 5.91. The highest BCUT2D eigenvalue weighted by Gasteiger charge is 2.21. The molecule has 12 heteroatoms. The molecule has 0 radical (unpaired) electrons. The van der Waals surface area contributed by atoms with Gasteiger partial charge in [0.25, 0.3) is 0 Å². The van der Waals surface area contributed by atoms with E-state index in [4.69, 9.17) is 21.8 Å². The minimum Gasteiger partial charge on any atom is -0.478 e.